The van der Waals surface area contributed by atoms with Crippen molar-refractivity contribution in [1.29, 1.82) is 0 Å². The molecule has 0 N–H and O–H groups in total. The quantitative estimate of drug-likeness (QED) is 0.754. The third-order valence-corrected chi connectivity index (χ3v) is 4.18. The molecule has 0 bridgehead atoms. The fourth-order valence-electron chi connectivity index (χ4n) is 2.69. The molecule has 1 aliphatic rings. The van der Waals surface area contributed by atoms with Crippen LogP contribution in [-0.4, -0.2) is 38.2 Å². The van der Waals surface area contributed by atoms with Crippen LogP contribution in [0, 0.1) is 0 Å². The molecular weight excluding hydrogens is 322 g/mol. The minimum Gasteiger partial charge on any atom is -0.497 e. The molecule has 2 atom stereocenters. The maximum Gasteiger partial charge on any atom is 0.415 e. The van der Waals surface area contributed by atoms with Crippen molar-refractivity contribution in [2.24, 2.45) is 0 Å². The smallest absolute Gasteiger partial charge is 0.415 e. The minimum atomic E-state index is -0.400. The van der Waals surface area contributed by atoms with Gasteiger partial charge in [0, 0.05) is 11.3 Å². The molecule has 0 aliphatic carbocycles. The van der Waals surface area contributed by atoms with Crippen molar-refractivity contribution in [3.63, 3.8) is 0 Å². The number of hydrogen-bond donors (Lipinski definition) is 0. The molecule has 0 unspecified atom stereocenters. The Morgan fingerprint density at radius 3 is 2.32 bits per heavy atom. The Kier molecular flexibility index (Phi) is 4.88. The largest absolute Gasteiger partial charge is 0.497 e. The Bertz CT molecular complexity index is 741. The summed E-state index contributed by atoms with van der Waals surface area (Å²) in [4.78, 5) is 24.5. The Hall–Kier alpha value is -3.02. The van der Waals surface area contributed by atoms with E-state index in [1.807, 2.05) is 19.1 Å². The summed E-state index contributed by atoms with van der Waals surface area (Å²) in [5.41, 5.74) is 1.33. The first-order chi connectivity index (χ1) is 12.1. The lowest BCUT2D eigenvalue weighted by Gasteiger charge is -2.21. The number of aldehydes is 1. The summed E-state index contributed by atoms with van der Waals surface area (Å²) in [6, 6.07) is 13.8. The molecule has 0 radical (unpaired) electrons. The zero-order valence-electron chi connectivity index (χ0n) is 14.0. The van der Waals surface area contributed by atoms with Gasteiger partial charge in [-0.15, -0.1) is 0 Å². The van der Waals surface area contributed by atoms with Crippen molar-refractivity contribution < 1.29 is 23.8 Å². The highest BCUT2D eigenvalue weighted by Gasteiger charge is 2.40. The van der Waals surface area contributed by atoms with Gasteiger partial charge < -0.3 is 14.2 Å². The van der Waals surface area contributed by atoms with Gasteiger partial charge in [0.15, 0.2) is 6.10 Å². The zero-order valence-corrected chi connectivity index (χ0v) is 14.0. The van der Waals surface area contributed by atoms with Crippen molar-refractivity contribution in [3.05, 3.63) is 54.1 Å². The van der Waals surface area contributed by atoms with E-state index in [1.54, 1.807) is 48.4 Å². The fourth-order valence-corrected chi connectivity index (χ4v) is 2.69. The third kappa shape index (κ3) is 3.57. The maximum absolute atomic E-state index is 12.2. The number of ether oxygens (including phenoxy) is 3. The highest BCUT2D eigenvalue weighted by Crippen LogP contribution is 2.28. The Morgan fingerprint density at radius 2 is 1.72 bits per heavy atom. The Labute approximate surface area is 145 Å². The second-order valence-corrected chi connectivity index (χ2v) is 5.73. The van der Waals surface area contributed by atoms with Crippen LogP contribution in [0.2, 0.25) is 0 Å². The topological polar surface area (TPSA) is 65.1 Å². The standard InChI is InChI=1S/C19H19NO5/c1-13-18(12-24-17-7-3-14(11-21)4-8-17)25-19(22)20(13)15-5-9-16(23-2)10-6-15/h3-11,13,18H,12H2,1-2H3/t13-,18+/m0/s1. The number of methoxy groups -OCH3 is 1. The van der Waals surface area contributed by atoms with E-state index in [1.165, 1.54) is 0 Å². The van der Waals surface area contributed by atoms with Crippen LogP contribution < -0.4 is 14.4 Å². The number of anilines is 1. The van der Waals surface area contributed by atoms with Crippen LogP contribution >= 0.6 is 0 Å². The molecule has 1 saturated heterocycles. The third-order valence-electron chi connectivity index (χ3n) is 4.18. The van der Waals surface area contributed by atoms with E-state index >= 15 is 0 Å². The van der Waals surface area contributed by atoms with E-state index in [2.05, 4.69) is 0 Å². The van der Waals surface area contributed by atoms with Gasteiger partial charge in [0.1, 0.15) is 24.4 Å². The molecule has 0 saturated carbocycles. The summed E-state index contributed by atoms with van der Waals surface area (Å²) in [7, 11) is 1.59. The lowest BCUT2D eigenvalue weighted by Crippen LogP contribution is -2.36. The van der Waals surface area contributed by atoms with Crippen LogP contribution in [0.5, 0.6) is 11.5 Å². The van der Waals surface area contributed by atoms with Crippen LogP contribution in [-0.2, 0) is 4.74 Å². The van der Waals surface area contributed by atoms with E-state index in [-0.39, 0.29) is 18.8 Å². The van der Waals surface area contributed by atoms with Crippen molar-refractivity contribution >= 4 is 18.1 Å². The molecule has 130 valence electrons. The van der Waals surface area contributed by atoms with Crippen molar-refractivity contribution in [3.8, 4) is 11.5 Å². The normalized spacial score (nSPS) is 19.4. The number of cyclic esters (lactones) is 1. The Morgan fingerprint density at radius 1 is 1.08 bits per heavy atom. The van der Waals surface area contributed by atoms with Crippen molar-refractivity contribution in [2.75, 3.05) is 18.6 Å². The van der Waals surface area contributed by atoms with E-state index < -0.39 is 6.09 Å². The van der Waals surface area contributed by atoms with Gasteiger partial charge in [0.2, 0.25) is 0 Å². The minimum absolute atomic E-state index is 0.171. The lowest BCUT2D eigenvalue weighted by atomic mass is 10.1. The number of carbonyl (C=O) groups excluding carboxylic acids is 2. The fraction of sp³-hybridized carbons (Fsp3) is 0.263. The van der Waals surface area contributed by atoms with Crippen LogP contribution in [0.4, 0.5) is 10.5 Å². The molecule has 6 nitrogen and oxygen atoms in total. The van der Waals surface area contributed by atoms with Crippen LogP contribution in [0.25, 0.3) is 0 Å². The average molecular weight is 341 g/mol. The molecule has 2 aromatic carbocycles. The van der Waals surface area contributed by atoms with Crippen molar-refractivity contribution in [1.82, 2.24) is 0 Å². The predicted molar refractivity (Wildman–Crippen MR) is 92.5 cm³/mol. The number of nitrogens with zero attached hydrogens (tertiary/aromatic N) is 1. The second kappa shape index (κ2) is 7.25. The number of hydrogen-bond acceptors (Lipinski definition) is 5. The summed E-state index contributed by atoms with van der Waals surface area (Å²) >= 11 is 0. The molecule has 1 aliphatic heterocycles. The molecule has 1 heterocycles. The van der Waals surface area contributed by atoms with E-state index in [4.69, 9.17) is 14.2 Å². The first-order valence-electron chi connectivity index (χ1n) is 7.94. The lowest BCUT2D eigenvalue weighted by molar-refractivity contribution is 0.0942. The van der Waals surface area contributed by atoms with Gasteiger partial charge in [-0.3, -0.25) is 9.69 Å². The van der Waals surface area contributed by atoms with Gasteiger partial charge in [-0.25, -0.2) is 4.79 Å². The SMILES string of the molecule is COc1ccc(N2C(=O)O[C@H](COc3ccc(C=O)cc3)[C@@H]2C)cc1. The van der Waals surface area contributed by atoms with Gasteiger partial charge in [-0.2, -0.15) is 0 Å². The van der Waals surface area contributed by atoms with E-state index in [0.29, 0.717) is 11.3 Å². The maximum atomic E-state index is 12.2. The predicted octanol–water partition coefficient (Wildman–Crippen LogP) is 3.30. The first-order valence-corrected chi connectivity index (χ1v) is 7.94. The summed E-state index contributed by atoms with van der Waals surface area (Å²) in [5, 5.41) is 0. The molecule has 2 aromatic rings. The number of carbonyl (C=O) groups is 2. The monoisotopic (exact) mass is 341 g/mol. The second-order valence-electron chi connectivity index (χ2n) is 5.73. The van der Waals surface area contributed by atoms with Crippen molar-refractivity contribution in [2.45, 2.75) is 19.1 Å². The molecule has 0 spiro atoms. The molecular formula is C19H19NO5. The summed E-state index contributed by atoms with van der Waals surface area (Å²) in [5.74, 6) is 1.35. The van der Waals surface area contributed by atoms with Crippen LogP contribution in [0.1, 0.15) is 17.3 Å². The summed E-state index contributed by atoms with van der Waals surface area (Å²) < 4.78 is 16.3. The van der Waals surface area contributed by atoms with Crippen LogP contribution in [0.15, 0.2) is 48.5 Å². The van der Waals surface area contributed by atoms with Crippen LogP contribution in [0.3, 0.4) is 0 Å². The summed E-state index contributed by atoms with van der Waals surface area (Å²) in [6.07, 6.45) is -0.0138. The molecule has 1 fully saturated rings. The highest BCUT2D eigenvalue weighted by atomic mass is 16.6. The number of amides is 1. The molecule has 0 aromatic heterocycles. The zero-order chi connectivity index (χ0) is 17.8. The summed E-state index contributed by atoms with van der Waals surface area (Å²) in [6.45, 7) is 2.15. The number of benzene rings is 2. The Balaban J connectivity index is 1.65. The van der Waals surface area contributed by atoms with Gasteiger partial charge in [-0.1, -0.05) is 0 Å². The average Bonchev–Trinajstić information content (AvgIpc) is 2.94. The van der Waals surface area contributed by atoms with Gasteiger partial charge >= 0.3 is 6.09 Å². The molecule has 3 rings (SSSR count). The van der Waals surface area contributed by atoms with Gasteiger partial charge in [-0.05, 0) is 55.5 Å². The molecule has 6 heteroatoms. The first kappa shape index (κ1) is 16.8. The van der Waals surface area contributed by atoms with E-state index in [9.17, 15) is 9.59 Å². The highest BCUT2D eigenvalue weighted by molar-refractivity contribution is 5.90. The van der Waals surface area contributed by atoms with E-state index in [0.717, 1.165) is 17.7 Å². The van der Waals surface area contributed by atoms with Gasteiger partial charge in [0.25, 0.3) is 0 Å². The molecule has 1 amide bonds. The van der Waals surface area contributed by atoms with Gasteiger partial charge in [0.05, 0.1) is 13.2 Å². The molecule has 25 heavy (non-hydrogen) atoms. The number of rotatable bonds is 6.